The van der Waals surface area contributed by atoms with E-state index in [2.05, 4.69) is 4.98 Å². The zero-order valence-electron chi connectivity index (χ0n) is 19.6. The summed E-state index contributed by atoms with van der Waals surface area (Å²) >= 11 is 13.0. The number of fused-ring (bicyclic) bond motifs is 1. The number of H-pyrrole nitrogens is 1. The first-order chi connectivity index (χ1) is 18.5. The molecule has 0 spiro atoms. The summed E-state index contributed by atoms with van der Waals surface area (Å²) < 4.78 is 7.34. The monoisotopic (exact) mass is 558 g/mol. The van der Waals surface area contributed by atoms with Crippen molar-refractivity contribution in [3.05, 3.63) is 127 Å². The quantitative estimate of drug-likeness (QED) is 0.265. The van der Waals surface area contributed by atoms with Crippen LogP contribution in [-0.2, 0) is 0 Å². The smallest absolute Gasteiger partial charge is 0.262 e. The Hall–Kier alpha value is -4.05. The number of benzene rings is 3. The van der Waals surface area contributed by atoms with E-state index in [-0.39, 0.29) is 21.7 Å². The van der Waals surface area contributed by atoms with E-state index in [4.69, 9.17) is 33.5 Å². The van der Waals surface area contributed by atoms with Crippen molar-refractivity contribution in [1.82, 2.24) is 14.5 Å². The molecular formula is C28H19ClN4O3S2. The first kappa shape index (κ1) is 24.3. The highest BCUT2D eigenvalue weighted by molar-refractivity contribution is 8.02. The van der Waals surface area contributed by atoms with E-state index in [1.165, 1.54) is 4.57 Å². The number of hydrogen-bond acceptors (Lipinski definition) is 7. The average Bonchev–Trinajstić information content (AvgIpc) is 3.51. The lowest BCUT2D eigenvalue weighted by Gasteiger charge is -2.17. The summed E-state index contributed by atoms with van der Waals surface area (Å²) in [7, 11) is 0. The molecule has 3 heterocycles. The summed E-state index contributed by atoms with van der Waals surface area (Å²) in [6.07, 6.45) is 3.54. The lowest BCUT2D eigenvalue weighted by atomic mass is 10.1. The van der Waals surface area contributed by atoms with Crippen LogP contribution in [0.2, 0.25) is 5.02 Å². The van der Waals surface area contributed by atoms with Gasteiger partial charge >= 0.3 is 0 Å². The van der Waals surface area contributed by atoms with Gasteiger partial charge in [0.05, 0.1) is 17.1 Å². The molecule has 38 heavy (non-hydrogen) atoms. The van der Waals surface area contributed by atoms with Gasteiger partial charge in [-0.2, -0.15) is 0 Å². The van der Waals surface area contributed by atoms with Gasteiger partial charge < -0.3 is 14.7 Å². The van der Waals surface area contributed by atoms with Crippen LogP contribution in [0.1, 0.15) is 11.1 Å². The summed E-state index contributed by atoms with van der Waals surface area (Å²) in [6, 6.07) is 23.8. The van der Waals surface area contributed by atoms with E-state index in [1.807, 2.05) is 59.0 Å². The third kappa shape index (κ3) is 4.56. The van der Waals surface area contributed by atoms with Crippen molar-refractivity contribution < 1.29 is 9.84 Å². The zero-order chi connectivity index (χ0) is 26.2. The molecule has 2 N–H and O–H groups in total. The molecule has 0 bridgehead atoms. The molecule has 6 rings (SSSR count). The fourth-order valence-corrected chi connectivity index (χ4v) is 5.44. The van der Waals surface area contributed by atoms with Crippen molar-refractivity contribution in [2.45, 2.75) is 5.50 Å². The van der Waals surface area contributed by atoms with Crippen molar-refractivity contribution in [2.24, 2.45) is 4.99 Å². The van der Waals surface area contributed by atoms with Crippen molar-refractivity contribution in [3.8, 4) is 23.1 Å². The second-order valence-electron chi connectivity index (χ2n) is 8.41. The molecule has 0 saturated carbocycles. The van der Waals surface area contributed by atoms with Gasteiger partial charge in [0, 0.05) is 16.8 Å². The van der Waals surface area contributed by atoms with Crippen LogP contribution in [0, 0.1) is 4.77 Å². The topological polar surface area (TPSA) is 82.8 Å². The molecule has 0 radical (unpaired) electrons. The number of aromatic amines is 1. The van der Waals surface area contributed by atoms with Gasteiger partial charge in [-0.15, -0.1) is 0 Å². The van der Waals surface area contributed by atoms with Crippen molar-refractivity contribution in [1.29, 1.82) is 0 Å². The van der Waals surface area contributed by atoms with Crippen molar-refractivity contribution in [3.63, 3.8) is 0 Å². The maximum absolute atomic E-state index is 13.0. The molecule has 3 aromatic carbocycles. The van der Waals surface area contributed by atoms with Gasteiger partial charge in [0.25, 0.3) is 5.56 Å². The molecule has 1 unspecified atom stereocenters. The maximum atomic E-state index is 13.0. The van der Waals surface area contributed by atoms with Crippen LogP contribution in [0.15, 0.2) is 106 Å². The summed E-state index contributed by atoms with van der Waals surface area (Å²) in [6.45, 7) is 0. The summed E-state index contributed by atoms with van der Waals surface area (Å²) in [4.78, 5) is 22.5. The fourth-order valence-electron chi connectivity index (χ4n) is 4.21. The van der Waals surface area contributed by atoms with E-state index in [9.17, 15) is 9.90 Å². The minimum absolute atomic E-state index is 0.0609. The van der Waals surface area contributed by atoms with E-state index in [1.54, 1.807) is 54.2 Å². The van der Waals surface area contributed by atoms with Crippen LogP contribution in [0.5, 0.6) is 17.4 Å². The minimum atomic E-state index is -0.505. The third-order valence-electron chi connectivity index (χ3n) is 6.01. The van der Waals surface area contributed by atoms with Gasteiger partial charge in [0.1, 0.15) is 17.1 Å². The Bertz CT molecular complexity index is 1730. The van der Waals surface area contributed by atoms with Crippen LogP contribution in [0.25, 0.3) is 11.8 Å². The predicted octanol–water partition coefficient (Wildman–Crippen LogP) is 6.69. The first-order valence-electron chi connectivity index (χ1n) is 11.6. The fraction of sp³-hybridized carbons (Fsp3) is 0.0357. The Labute approximate surface area is 232 Å². The number of hydrogen-bond donors (Lipinski definition) is 2. The number of aromatic nitrogens is 2. The standard InChI is InChI=1S/C28H19ClN4O3S2/c29-18-8-6-17(7-9-18)24-23(32-14-15-38-28(32)30-24)16-22-25(34)31-27(37)33(26(22)35)19-10-12-21(13-11-19)36-20-4-2-1-3-5-20/h1-16,28,35H,(H,31,34,37). The molecule has 0 aliphatic carbocycles. The van der Waals surface area contributed by atoms with Gasteiger partial charge in [0.2, 0.25) is 5.88 Å². The van der Waals surface area contributed by atoms with Crippen LogP contribution in [-0.4, -0.2) is 30.8 Å². The molecule has 1 atom stereocenters. The summed E-state index contributed by atoms with van der Waals surface area (Å²) in [5, 5.41) is 13.9. The summed E-state index contributed by atoms with van der Waals surface area (Å²) in [5.41, 5.74) is 2.16. The molecule has 1 aromatic heterocycles. The Balaban J connectivity index is 1.40. The molecule has 2 aliphatic heterocycles. The van der Waals surface area contributed by atoms with Crippen molar-refractivity contribution >= 4 is 47.4 Å². The van der Waals surface area contributed by atoms with Gasteiger partial charge in [0.15, 0.2) is 10.3 Å². The molecule has 0 saturated heterocycles. The van der Waals surface area contributed by atoms with E-state index in [0.717, 1.165) is 5.56 Å². The molecule has 4 aromatic rings. The Morgan fingerprint density at radius 2 is 1.74 bits per heavy atom. The number of allylic oxidation sites excluding steroid dienone is 1. The first-order valence-corrected chi connectivity index (χ1v) is 13.3. The zero-order valence-corrected chi connectivity index (χ0v) is 22.0. The SMILES string of the molecule is O=c1[nH]c(=S)n(-c2ccc(Oc3ccccc3)cc2)c(O)c1C=C1C(c2ccc(Cl)cc2)=NC2SC=CN12. The lowest BCUT2D eigenvalue weighted by Crippen LogP contribution is -2.21. The lowest BCUT2D eigenvalue weighted by molar-refractivity contribution is 0.431. The number of aromatic hydroxyl groups is 1. The van der Waals surface area contributed by atoms with Gasteiger partial charge in [-0.05, 0) is 72.2 Å². The normalized spacial score (nSPS) is 17.1. The number of thioether (sulfide) groups is 1. The summed E-state index contributed by atoms with van der Waals surface area (Å²) in [5.74, 6) is 1.05. The minimum Gasteiger partial charge on any atom is -0.494 e. The molecule has 7 nitrogen and oxygen atoms in total. The van der Waals surface area contributed by atoms with Crippen molar-refractivity contribution in [2.75, 3.05) is 0 Å². The molecule has 10 heteroatoms. The van der Waals surface area contributed by atoms with Crippen LogP contribution < -0.4 is 10.3 Å². The number of halogens is 1. The number of para-hydroxylation sites is 1. The van der Waals surface area contributed by atoms with Gasteiger partial charge in [-0.3, -0.25) is 14.3 Å². The highest BCUT2D eigenvalue weighted by Gasteiger charge is 2.33. The second-order valence-corrected chi connectivity index (χ2v) is 10.2. The van der Waals surface area contributed by atoms with Crippen LogP contribution in [0.3, 0.4) is 0 Å². The van der Waals surface area contributed by atoms with Crippen LogP contribution >= 0.6 is 35.6 Å². The van der Waals surface area contributed by atoms with Gasteiger partial charge in [-0.25, -0.2) is 4.99 Å². The van der Waals surface area contributed by atoms with E-state index < -0.39 is 5.56 Å². The van der Waals surface area contributed by atoms with Crippen LogP contribution in [0.4, 0.5) is 0 Å². The molecule has 0 fully saturated rings. The predicted molar refractivity (Wildman–Crippen MR) is 154 cm³/mol. The largest absolute Gasteiger partial charge is 0.494 e. The highest BCUT2D eigenvalue weighted by Crippen LogP contribution is 2.38. The van der Waals surface area contributed by atoms with E-state index in [0.29, 0.717) is 33.6 Å². The number of nitrogens with zero attached hydrogens (tertiary/aromatic N) is 3. The van der Waals surface area contributed by atoms with Gasteiger partial charge in [-0.1, -0.05) is 53.7 Å². The second kappa shape index (κ2) is 10.0. The molecule has 0 amide bonds. The number of aliphatic imine (C=N–C) groups is 1. The Morgan fingerprint density at radius 3 is 2.47 bits per heavy atom. The Morgan fingerprint density at radius 1 is 1.03 bits per heavy atom. The number of nitrogens with one attached hydrogen (secondary N) is 1. The molecular weight excluding hydrogens is 540 g/mol. The molecule has 2 aliphatic rings. The Kier molecular flexibility index (Phi) is 6.40. The average molecular weight is 559 g/mol. The van der Waals surface area contributed by atoms with E-state index >= 15 is 0 Å². The third-order valence-corrected chi connectivity index (χ3v) is 7.40. The highest BCUT2D eigenvalue weighted by atomic mass is 35.5. The number of ether oxygens (including phenoxy) is 1. The molecule has 188 valence electrons. The number of rotatable bonds is 5. The maximum Gasteiger partial charge on any atom is 0.262 e.